The highest BCUT2D eigenvalue weighted by Gasteiger charge is 2.12. The van der Waals surface area contributed by atoms with Gasteiger partial charge in [-0.3, -0.25) is 24.3 Å². The predicted octanol–water partition coefficient (Wildman–Crippen LogP) is 0.627. The fourth-order valence-corrected chi connectivity index (χ4v) is 2.65. The first-order valence-corrected chi connectivity index (χ1v) is 8.55. The van der Waals surface area contributed by atoms with Crippen molar-refractivity contribution in [1.29, 1.82) is 0 Å². The van der Waals surface area contributed by atoms with E-state index < -0.39 is 24.5 Å². The molecule has 0 fully saturated rings. The van der Waals surface area contributed by atoms with Gasteiger partial charge in [0.1, 0.15) is 4.83 Å². The molecule has 0 saturated heterocycles. The second-order valence-corrected chi connectivity index (χ2v) is 5.99. The van der Waals surface area contributed by atoms with Crippen molar-refractivity contribution in [3.63, 3.8) is 0 Å². The molecule has 0 spiro atoms. The van der Waals surface area contributed by atoms with Crippen molar-refractivity contribution in [3.8, 4) is 0 Å². The summed E-state index contributed by atoms with van der Waals surface area (Å²) in [6.45, 7) is 1.85. The first-order valence-electron chi connectivity index (χ1n) is 7.67. The molecule has 10 heteroatoms. The lowest BCUT2D eigenvalue weighted by Gasteiger charge is -2.07. The van der Waals surface area contributed by atoms with Gasteiger partial charge in [-0.05, 0) is 17.9 Å². The summed E-state index contributed by atoms with van der Waals surface area (Å²) in [7, 11) is 0. The molecule has 2 aromatic heterocycles. The summed E-state index contributed by atoms with van der Waals surface area (Å²) in [6, 6.07) is 1.04. The maximum Gasteiger partial charge on any atom is 0.321 e. The molecule has 0 atom stereocenters. The van der Waals surface area contributed by atoms with Gasteiger partial charge in [-0.2, -0.15) is 0 Å². The van der Waals surface area contributed by atoms with Crippen LogP contribution in [-0.4, -0.2) is 40.6 Å². The van der Waals surface area contributed by atoms with E-state index in [2.05, 4.69) is 10.3 Å². The van der Waals surface area contributed by atoms with Crippen LogP contribution < -0.4 is 16.2 Å². The van der Waals surface area contributed by atoms with Gasteiger partial charge in [0.15, 0.2) is 6.61 Å². The van der Waals surface area contributed by atoms with Crippen molar-refractivity contribution in [2.75, 3.05) is 13.2 Å². The molecule has 0 aliphatic carbocycles. The van der Waals surface area contributed by atoms with Crippen molar-refractivity contribution in [2.45, 2.75) is 26.3 Å². The molecule has 2 aromatic rings. The summed E-state index contributed by atoms with van der Waals surface area (Å²) in [5.74, 6) is -1.37. The van der Waals surface area contributed by atoms with Gasteiger partial charge < -0.3 is 10.1 Å². The van der Waals surface area contributed by atoms with E-state index in [0.717, 1.165) is 6.42 Å². The highest BCUT2D eigenvalue weighted by atomic mass is 32.1. The van der Waals surface area contributed by atoms with Crippen molar-refractivity contribution < 1.29 is 19.1 Å². The zero-order valence-electron chi connectivity index (χ0n) is 13.6. The number of aryl methyl sites for hydroxylation is 1. The molecule has 0 aromatic carbocycles. The van der Waals surface area contributed by atoms with Crippen LogP contribution in [0.25, 0.3) is 10.2 Å². The Morgan fingerprint density at radius 1 is 1.36 bits per heavy atom. The second-order valence-electron chi connectivity index (χ2n) is 5.10. The average Bonchev–Trinajstić information content (AvgIpc) is 3.07. The third-order valence-corrected chi connectivity index (χ3v) is 3.98. The smallest absolute Gasteiger partial charge is 0.321 e. The third kappa shape index (κ3) is 5.38. The summed E-state index contributed by atoms with van der Waals surface area (Å²) in [6.07, 6.45) is 2.02. The number of nitrogens with zero attached hydrogens (tertiary/aromatic N) is 2. The fraction of sp³-hybridized carbons (Fsp3) is 0.400. The molecule has 3 amide bonds. The number of ether oxygens (including phenoxy) is 1. The first kappa shape index (κ1) is 18.6. The monoisotopic (exact) mass is 366 g/mol. The van der Waals surface area contributed by atoms with Crippen molar-refractivity contribution in [3.05, 3.63) is 28.1 Å². The molecule has 9 nitrogen and oxygen atoms in total. The molecule has 134 valence electrons. The Morgan fingerprint density at radius 2 is 2.16 bits per heavy atom. The summed E-state index contributed by atoms with van der Waals surface area (Å²) < 4.78 is 6.09. The highest BCUT2D eigenvalue weighted by molar-refractivity contribution is 7.16. The number of hydrogen-bond acceptors (Lipinski definition) is 7. The summed E-state index contributed by atoms with van der Waals surface area (Å²) in [4.78, 5) is 51.3. The van der Waals surface area contributed by atoms with Crippen LogP contribution in [0.15, 0.2) is 22.6 Å². The number of rotatable bonds is 7. The number of amides is 3. The van der Waals surface area contributed by atoms with Crippen LogP contribution in [0, 0.1) is 0 Å². The Labute approximate surface area is 147 Å². The van der Waals surface area contributed by atoms with Gasteiger partial charge in [0.25, 0.3) is 11.5 Å². The quantitative estimate of drug-likeness (QED) is 0.694. The van der Waals surface area contributed by atoms with Crippen LogP contribution in [0.2, 0.25) is 0 Å². The molecule has 2 heterocycles. The van der Waals surface area contributed by atoms with Gasteiger partial charge in [-0.15, -0.1) is 11.3 Å². The van der Waals surface area contributed by atoms with E-state index in [9.17, 15) is 19.2 Å². The van der Waals surface area contributed by atoms with E-state index in [1.54, 1.807) is 11.4 Å². The van der Waals surface area contributed by atoms with E-state index in [1.165, 1.54) is 22.2 Å². The molecular weight excluding hydrogens is 348 g/mol. The molecule has 0 unspecified atom stereocenters. The Balaban J connectivity index is 1.76. The zero-order chi connectivity index (χ0) is 18.2. The van der Waals surface area contributed by atoms with E-state index in [4.69, 9.17) is 4.74 Å². The maximum atomic E-state index is 12.1. The number of urea groups is 1. The van der Waals surface area contributed by atoms with E-state index >= 15 is 0 Å². The van der Waals surface area contributed by atoms with Gasteiger partial charge in [-0.1, -0.05) is 6.92 Å². The van der Waals surface area contributed by atoms with Gasteiger partial charge in [0.05, 0.1) is 18.1 Å². The minimum absolute atomic E-state index is 0.0907. The Kier molecular flexibility index (Phi) is 6.63. The molecule has 0 radical (unpaired) electrons. The van der Waals surface area contributed by atoms with Gasteiger partial charge in [0, 0.05) is 13.1 Å². The maximum absolute atomic E-state index is 12.1. The van der Waals surface area contributed by atoms with Crippen LogP contribution in [0.1, 0.15) is 19.8 Å². The van der Waals surface area contributed by atoms with E-state index in [0.29, 0.717) is 16.8 Å². The van der Waals surface area contributed by atoms with Crippen LogP contribution in [0.4, 0.5) is 4.79 Å². The number of carbonyl (C=O) groups is 3. The highest BCUT2D eigenvalue weighted by Crippen LogP contribution is 2.13. The van der Waals surface area contributed by atoms with Crippen LogP contribution >= 0.6 is 11.3 Å². The van der Waals surface area contributed by atoms with Gasteiger partial charge in [-0.25, -0.2) is 9.78 Å². The summed E-state index contributed by atoms with van der Waals surface area (Å²) >= 11 is 1.36. The largest absolute Gasteiger partial charge is 0.456 e. The second kappa shape index (κ2) is 8.92. The van der Waals surface area contributed by atoms with Crippen LogP contribution in [0.3, 0.4) is 0 Å². The number of carbonyl (C=O) groups excluding carboxylic acids is 3. The van der Waals surface area contributed by atoms with Gasteiger partial charge >= 0.3 is 12.0 Å². The molecule has 0 bridgehead atoms. The third-order valence-electron chi connectivity index (χ3n) is 3.16. The topological polar surface area (TPSA) is 119 Å². The molecule has 0 aliphatic heterocycles. The summed E-state index contributed by atoms with van der Waals surface area (Å²) in [5, 5.41) is 6.77. The lowest BCUT2D eigenvalue weighted by atomic mass is 10.4. The van der Waals surface area contributed by atoms with E-state index in [-0.39, 0.29) is 18.5 Å². The molecule has 0 aliphatic rings. The fourth-order valence-electron chi connectivity index (χ4n) is 1.93. The minimum Gasteiger partial charge on any atom is -0.456 e. The van der Waals surface area contributed by atoms with Crippen LogP contribution in [0.5, 0.6) is 0 Å². The van der Waals surface area contributed by atoms with Crippen molar-refractivity contribution in [1.82, 2.24) is 20.2 Å². The number of hydrogen-bond donors (Lipinski definition) is 2. The Hall–Kier alpha value is -2.75. The number of aromatic nitrogens is 2. The summed E-state index contributed by atoms with van der Waals surface area (Å²) in [5.41, 5.74) is -0.232. The number of nitrogens with one attached hydrogen (secondary N) is 2. The molecular formula is C15H18N4O5S. The lowest BCUT2D eigenvalue weighted by molar-refractivity contribution is -0.148. The molecule has 2 rings (SSSR count). The van der Waals surface area contributed by atoms with Crippen LogP contribution in [-0.2, 0) is 20.9 Å². The van der Waals surface area contributed by atoms with E-state index in [1.807, 2.05) is 12.2 Å². The standard InChI is InChI=1S/C15H18N4O5S/c1-2-5-16-15(23)18-11(20)8-24-12(21)3-6-19-9-17-13-10(14(19)22)4-7-25-13/h4,7,9H,2-3,5-6,8H2,1H3,(H2,16,18,20,23). The number of esters is 1. The average molecular weight is 366 g/mol. The molecule has 0 saturated carbocycles. The molecule has 25 heavy (non-hydrogen) atoms. The minimum atomic E-state index is -0.722. The Bertz CT molecular complexity index is 829. The zero-order valence-corrected chi connectivity index (χ0v) is 14.4. The number of imide groups is 1. The van der Waals surface area contributed by atoms with Crippen molar-refractivity contribution in [2.24, 2.45) is 0 Å². The predicted molar refractivity (Wildman–Crippen MR) is 91.3 cm³/mol. The normalized spacial score (nSPS) is 10.4. The SMILES string of the molecule is CCCNC(=O)NC(=O)COC(=O)CCn1cnc2sccc2c1=O. The molecule has 2 N–H and O–H groups in total. The van der Waals surface area contributed by atoms with Crippen molar-refractivity contribution >= 4 is 39.5 Å². The lowest BCUT2D eigenvalue weighted by Crippen LogP contribution is -2.41. The number of thiophene rings is 1. The Morgan fingerprint density at radius 3 is 2.92 bits per heavy atom. The first-order chi connectivity index (χ1) is 12.0. The van der Waals surface area contributed by atoms with Gasteiger partial charge in [0.2, 0.25) is 0 Å². The number of fused-ring (bicyclic) bond motifs is 1.